The lowest BCUT2D eigenvalue weighted by atomic mass is 10.1. The second-order valence-electron chi connectivity index (χ2n) is 6.30. The standard InChI is InChI=1S/C22H19N3O5/c1-14(26)24-17-10-16(11-18(12-17)25-15(2)27)22(28)30-20-7-5-6-19(13-20)29-21-8-3-4-9-23-21/h3-13H,1-2H3,(H,24,26)(H,25,27). The minimum Gasteiger partial charge on any atom is -0.439 e. The fourth-order valence-electron chi connectivity index (χ4n) is 2.59. The highest BCUT2D eigenvalue weighted by Gasteiger charge is 2.13. The smallest absolute Gasteiger partial charge is 0.343 e. The van der Waals surface area contributed by atoms with Gasteiger partial charge in [-0.05, 0) is 36.4 Å². The number of hydrogen-bond acceptors (Lipinski definition) is 6. The maximum Gasteiger partial charge on any atom is 0.343 e. The average Bonchev–Trinajstić information content (AvgIpc) is 2.68. The number of anilines is 2. The van der Waals surface area contributed by atoms with Gasteiger partial charge in [0.1, 0.15) is 11.5 Å². The van der Waals surface area contributed by atoms with Gasteiger partial charge in [-0.15, -0.1) is 0 Å². The zero-order chi connectivity index (χ0) is 21.5. The van der Waals surface area contributed by atoms with Crippen LogP contribution in [0, 0.1) is 0 Å². The Morgan fingerprint density at radius 3 is 2.07 bits per heavy atom. The number of esters is 1. The maximum absolute atomic E-state index is 12.7. The number of carbonyl (C=O) groups excluding carboxylic acids is 3. The Bertz CT molecular complexity index is 1050. The molecular weight excluding hydrogens is 386 g/mol. The van der Waals surface area contributed by atoms with Crippen molar-refractivity contribution in [3.8, 4) is 17.4 Å². The second-order valence-corrected chi connectivity index (χ2v) is 6.30. The van der Waals surface area contributed by atoms with Gasteiger partial charge in [-0.25, -0.2) is 9.78 Å². The quantitative estimate of drug-likeness (QED) is 0.474. The lowest BCUT2D eigenvalue weighted by Gasteiger charge is -2.11. The normalized spacial score (nSPS) is 10.1. The molecule has 0 aliphatic heterocycles. The summed E-state index contributed by atoms with van der Waals surface area (Å²) < 4.78 is 11.1. The molecule has 1 aromatic heterocycles. The Kier molecular flexibility index (Phi) is 6.39. The molecule has 3 rings (SSSR count). The fraction of sp³-hybridized carbons (Fsp3) is 0.0909. The number of nitrogens with one attached hydrogen (secondary N) is 2. The highest BCUT2D eigenvalue weighted by atomic mass is 16.5. The zero-order valence-electron chi connectivity index (χ0n) is 16.3. The monoisotopic (exact) mass is 405 g/mol. The van der Waals surface area contributed by atoms with Crippen LogP contribution in [0.1, 0.15) is 24.2 Å². The molecule has 8 heteroatoms. The number of rotatable bonds is 6. The summed E-state index contributed by atoms with van der Waals surface area (Å²) in [6.45, 7) is 2.69. The molecule has 3 aromatic rings. The van der Waals surface area contributed by atoms with Crippen LogP contribution in [0.4, 0.5) is 11.4 Å². The molecule has 0 radical (unpaired) electrons. The summed E-state index contributed by atoms with van der Waals surface area (Å²) in [4.78, 5) is 39.5. The van der Waals surface area contributed by atoms with Crippen LogP contribution in [0.3, 0.4) is 0 Å². The van der Waals surface area contributed by atoms with Crippen molar-refractivity contribution < 1.29 is 23.9 Å². The number of ether oxygens (including phenoxy) is 2. The summed E-state index contributed by atoms with van der Waals surface area (Å²) in [5.41, 5.74) is 0.863. The van der Waals surface area contributed by atoms with Crippen LogP contribution in [0.2, 0.25) is 0 Å². The van der Waals surface area contributed by atoms with Gasteiger partial charge in [0.25, 0.3) is 0 Å². The summed E-state index contributed by atoms with van der Waals surface area (Å²) in [6.07, 6.45) is 1.61. The number of carbonyl (C=O) groups is 3. The van der Waals surface area contributed by atoms with E-state index in [-0.39, 0.29) is 23.1 Å². The van der Waals surface area contributed by atoms with Gasteiger partial charge in [0.05, 0.1) is 5.56 Å². The molecule has 8 nitrogen and oxygen atoms in total. The average molecular weight is 405 g/mol. The molecule has 0 bridgehead atoms. The topological polar surface area (TPSA) is 107 Å². The van der Waals surface area contributed by atoms with E-state index in [9.17, 15) is 14.4 Å². The lowest BCUT2D eigenvalue weighted by Crippen LogP contribution is -2.13. The maximum atomic E-state index is 12.7. The largest absolute Gasteiger partial charge is 0.439 e. The molecule has 0 aliphatic rings. The lowest BCUT2D eigenvalue weighted by molar-refractivity contribution is -0.115. The van der Waals surface area contributed by atoms with Crippen molar-refractivity contribution in [3.63, 3.8) is 0 Å². The molecule has 0 spiro atoms. The first kappa shape index (κ1) is 20.5. The summed E-state index contributed by atoms with van der Waals surface area (Å²) in [5, 5.41) is 5.18. The zero-order valence-corrected chi connectivity index (χ0v) is 16.3. The van der Waals surface area contributed by atoms with Crippen molar-refractivity contribution in [1.29, 1.82) is 0 Å². The van der Waals surface area contributed by atoms with Gasteiger partial charge < -0.3 is 20.1 Å². The number of amides is 2. The van der Waals surface area contributed by atoms with E-state index in [1.165, 1.54) is 26.0 Å². The summed E-state index contributed by atoms with van der Waals surface area (Å²) in [6, 6.07) is 16.3. The van der Waals surface area contributed by atoms with Crippen molar-refractivity contribution in [1.82, 2.24) is 4.98 Å². The third-order valence-electron chi connectivity index (χ3n) is 3.69. The van der Waals surface area contributed by atoms with E-state index in [1.54, 1.807) is 54.7 Å². The van der Waals surface area contributed by atoms with Gasteiger partial charge in [-0.1, -0.05) is 12.1 Å². The van der Waals surface area contributed by atoms with Gasteiger partial charge in [-0.3, -0.25) is 9.59 Å². The molecule has 2 N–H and O–H groups in total. The SMILES string of the molecule is CC(=O)Nc1cc(NC(C)=O)cc(C(=O)Oc2cccc(Oc3ccccn3)c2)c1. The van der Waals surface area contributed by atoms with Crippen LogP contribution >= 0.6 is 0 Å². The molecule has 152 valence electrons. The minimum atomic E-state index is -0.663. The highest BCUT2D eigenvalue weighted by Crippen LogP contribution is 2.25. The predicted molar refractivity (Wildman–Crippen MR) is 111 cm³/mol. The molecule has 0 aliphatic carbocycles. The predicted octanol–water partition coefficient (Wildman–Crippen LogP) is 4.01. The first-order chi connectivity index (χ1) is 14.4. The van der Waals surface area contributed by atoms with Gasteiger partial charge >= 0.3 is 5.97 Å². The molecule has 2 amide bonds. The van der Waals surface area contributed by atoms with Crippen LogP contribution in [-0.2, 0) is 9.59 Å². The van der Waals surface area contributed by atoms with E-state index in [0.717, 1.165) is 0 Å². The van der Waals surface area contributed by atoms with Crippen LogP contribution < -0.4 is 20.1 Å². The molecule has 0 saturated carbocycles. The third-order valence-corrected chi connectivity index (χ3v) is 3.69. The van der Waals surface area contributed by atoms with Gasteiger partial charge in [0.2, 0.25) is 17.7 Å². The summed E-state index contributed by atoms with van der Waals surface area (Å²) in [5.74, 6) is -0.167. The van der Waals surface area contributed by atoms with Crippen molar-refractivity contribution >= 4 is 29.2 Å². The van der Waals surface area contributed by atoms with Crippen molar-refractivity contribution in [2.45, 2.75) is 13.8 Å². The molecular formula is C22H19N3O5. The molecule has 0 saturated heterocycles. The van der Waals surface area contributed by atoms with Crippen LogP contribution in [0.5, 0.6) is 17.4 Å². The molecule has 0 unspecified atom stereocenters. The van der Waals surface area contributed by atoms with E-state index >= 15 is 0 Å². The first-order valence-corrected chi connectivity index (χ1v) is 9.00. The number of pyridine rings is 1. The van der Waals surface area contributed by atoms with Crippen molar-refractivity contribution in [2.75, 3.05) is 10.6 Å². The Hall–Kier alpha value is -4.20. The van der Waals surface area contributed by atoms with Crippen molar-refractivity contribution in [3.05, 3.63) is 72.4 Å². The second kappa shape index (κ2) is 9.33. The van der Waals surface area contributed by atoms with Crippen LogP contribution in [0.15, 0.2) is 66.9 Å². The van der Waals surface area contributed by atoms with Crippen LogP contribution in [-0.4, -0.2) is 22.8 Å². The molecule has 1 heterocycles. The van der Waals surface area contributed by atoms with Gasteiger partial charge in [0.15, 0.2) is 0 Å². The van der Waals surface area contributed by atoms with E-state index in [2.05, 4.69) is 15.6 Å². The Morgan fingerprint density at radius 1 is 0.800 bits per heavy atom. The number of hydrogen-bond donors (Lipinski definition) is 2. The number of nitrogens with zero attached hydrogens (tertiary/aromatic N) is 1. The highest BCUT2D eigenvalue weighted by molar-refractivity contribution is 5.98. The summed E-state index contributed by atoms with van der Waals surface area (Å²) in [7, 11) is 0. The first-order valence-electron chi connectivity index (χ1n) is 9.00. The molecule has 0 atom stereocenters. The van der Waals surface area contributed by atoms with E-state index in [0.29, 0.717) is 23.0 Å². The van der Waals surface area contributed by atoms with E-state index in [4.69, 9.17) is 9.47 Å². The molecule has 2 aromatic carbocycles. The van der Waals surface area contributed by atoms with E-state index < -0.39 is 5.97 Å². The van der Waals surface area contributed by atoms with Crippen LogP contribution in [0.25, 0.3) is 0 Å². The molecule has 0 fully saturated rings. The third kappa shape index (κ3) is 5.90. The number of aromatic nitrogens is 1. The van der Waals surface area contributed by atoms with E-state index in [1.807, 2.05) is 0 Å². The number of benzene rings is 2. The summed E-state index contributed by atoms with van der Waals surface area (Å²) >= 11 is 0. The van der Waals surface area contributed by atoms with Gasteiger partial charge in [-0.2, -0.15) is 0 Å². The Morgan fingerprint density at radius 2 is 1.47 bits per heavy atom. The fourth-order valence-corrected chi connectivity index (χ4v) is 2.59. The van der Waals surface area contributed by atoms with Gasteiger partial charge in [0, 0.05) is 43.6 Å². The Balaban J connectivity index is 1.80. The van der Waals surface area contributed by atoms with Crippen molar-refractivity contribution in [2.24, 2.45) is 0 Å². The molecule has 30 heavy (non-hydrogen) atoms. The Labute approximate surface area is 172 Å². The minimum absolute atomic E-state index is 0.154.